The molecule has 0 aliphatic carbocycles. The molecule has 0 aromatic carbocycles. The van der Waals surface area contributed by atoms with Crippen molar-refractivity contribution in [3.8, 4) is 0 Å². The predicted molar refractivity (Wildman–Crippen MR) is 79.5 cm³/mol. The van der Waals surface area contributed by atoms with E-state index in [0.717, 1.165) is 18.1 Å². The molecule has 7 heteroatoms. The second-order valence-electron chi connectivity index (χ2n) is 5.40. The van der Waals surface area contributed by atoms with Gasteiger partial charge in [0, 0.05) is 31.9 Å². The molecular formula is C13H22N4O2S. The maximum atomic E-state index is 11.6. The highest BCUT2D eigenvalue weighted by atomic mass is 32.2. The van der Waals surface area contributed by atoms with Crippen LogP contribution >= 0.6 is 0 Å². The van der Waals surface area contributed by atoms with E-state index in [1.807, 2.05) is 4.90 Å². The van der Waals surface area contributed by atoms with Crippen molar-refractivity contribution in [2.24, 2.45) is 0 Å². The lowest BCUT2D eigenvalue weighted by molar-refractivity contribution is 0.579. The Morgan fingerprint density at radius 3 is 2.85 bits per heavy atom. The molecule has 112 valence electrons. The van der Waals surface area contributed by atoms with Crippen LogP contribution in [0.3, 0.4) is 0 Å². The van der Waals surface area contributed by atoms with Gasteiger partial charge in [0.05, 0.1) is 23.4 Å². The van der Waals surface area contributed by atoms with Crippen LogP contribution in [-0.2, 0) is 16.4 Å². The van der Waals surface area contributed by atoms with Gasteiger partial charge >= 0.3 is 0 Å². The molecule has 0 atom stereocenters. The first kappa shape index (κ1) is 15.2. The standard InChI is InChI=1S/C13H22N4O2S/c1-11(2)15-9-12-8-14-10-13(16-12)17-4-3-6-20(18,19)7-5-17/h8,10-11,15H,3-7,9H2,1-2H3. The van der Waals surface area contributed by atoms with E-state index in [1.54, 1.807) is 12.4 Å². The normalized spacial score (nSPS) is 19.1. The Morgan fingerprint density at radius 1 is 1.30 bits per heavy atom. The third-order valence-corrected chi connectivity index (χ3v) is 4.96. The number of nitrogens with zero attached hydrogens (tertiary/aromatic N) is 3. The van der Waals surface area contributed by atoms with E-state index in [9.17, 15) is 8.42 Å². The van der Waals surface area contributed by atoms with E-state index in [1.165, 1.54) is 0 Å². The maximum Gasteiger partial charge on any atom is 0.152 e. The van der Waals surface area contributed by atoms with Gasteiger partial charge < -0.3 is 10.2 Å². The van der Waals surface area contributed by atoms with E-state index in [-0.39, 0.29) is 11.5 Å². The summed E-state index contributed by atoms with van der Waals surface area (Å²) in [6.07, 6.45) is 4.10. The number of anilines is 1. The summed E-state index contributed by atoms with van der Waals surface area (Å²) in [5.74, 6) is 1.24. The third kappa shape index (κ3) is 4.42. The van der Waals surface area contributed by atoms with Crippen molar-refractivity contribution in [3.05, 3.63) is 18.1 Å². The minimum atomic E-state index is -2.89. The summed E-state index contributed by atoms with van der Waals surface area (Å²) in [5, 5.41) is 3.30. The van der Waals surface area contributed by atoms with Crippen molar-refractivity contribution in [1.29, 1.82) is 0 Å². The number of aromatic nitrogens is 2. The fourth-order valence-corrected chi connectivity index (χ4v) is 3.38. The van der Waals surface area contributed by atoms with Gasteiger partial charge in [-0.3, -0.25) is 4.98 Å². The Balaban J connectivity index is 2.06. The molecule has 1 N–H and O–H groups in total. The van der Waals surface area contributed by atoms with Crippen molar-refractivity contribution in [2.75, 3.05) is 29.5 Å². The van der Waals surface area contributed by atoms with Crippen LogP contribution in [-0.4, -0.2) is 49.0 Å². The Morgan fingerprint density at radius 2 is 2.10 bits per heavy atom. The molecule has 20 heavy (non-hydrogen) atoms. The molecule has 0 unspecified atom stereocenters. The van der Waals surface area contributed by atoms with Gasteiger partial charge in [-0.2, -0.15) is 0 Å². The topological polar surface area (TPSA) is 75.2 Å². The average molecular weight is 298 g/mol. The molecule has 2 rings (SSSR count). The summed E-state index contributed by atoms with van der Waals surface area (Å²) in [7, 11) is -2.89. The van der Waals surface area contributed by atoms with Gasteiger partial charge in [-0.25, -0.2) is 13.4 Å². The van der Waals surface area contributed by atoms with Crippen LogP contribution in [0.4, 0.5) is 5.82 Å². The molecule has 1 aliphatic heterocycles. The molecule has 1 aliphatic rings. The first-order chi connectivity index (χ1) is 9.46. The first-order valence-corrected chi connectivity index (χ1v) is 8.78. The molecule has 6 nitrogen and oxygen atoms in total. The smallest absolute Gasteiger partial charge is 0.152 e. The Bertz CT molecular complexity index is 545. The minimum absolute atomic E-state index is 0.198. The van der Waals surface area contributed by atoms with Crippen LogP contribution in [0.2, 0.25) is 0 Å². The minimum Gasteiger partial charge on any atom is -0.354 e. The van der Waals surface area contributed by atoms with Crippen LogP contribution in [0, 0.1) is 0 Å². The summed E-state index contributed by atoms with van der Waals surface area (Å²) in [5.41, 5.74) is 0.878. The van der Waals surface area contributed by atoms with E-state index in [4.69, 9.17) is 0 Å². The molecule has 0 saturated carbocycles. The van der Waals surface area contributed by atoms with E-state index < -0.39 is 9.84 Å². The lowest BCUT2D eigenvalue weighted by Gasteiger charge is -2.21. The van der Waals surface area contributed by atoms with Gasteiger partial charge in [0.25, 0.3) is 0 Å². The zero-order valence-electron chi connectivity index (χ0n) is 12.0. The van der Waals surface area contributed by atoms with Gasteiger partial charge in [-0.1, -0.05) is 13.8 Å². The number of sulfone groups is 1. The Labute approximate surface area is 120 Å². The van der Waals surface area contributed by atoms with Crippen molar-refractivity contribution < 1.29 is 8.42 Å². The molecule has 2 heterocycles. The molecule has 1 saturated heterocycles. The van der Waals surface area contributed by atoms with Crippen molar-refractivity contribution in [3.63, 3.8) is 0 Å². The van der Waals surface area contributed by atoms with Gasteiger partial charge in [0.2, 0.25) is 0 Å². The zero-order valence-corrected chi connectivity index (χ0v) is 12.9. The van der Waals surface area contributed by atoms with E-state index in [2.05, 4.69) is 29.1 Å². The van der Waals surface area contributed by atoms with Gasteiger partial charge in [-0.15, -0.1) is 0 Å². The quantitative estimate of drug-likeness (QED) is 0.877. The SMILES string of the molecule is CC(C)NCc1cncc(N2CCCS(=O)(=O)CC2)n1. The van der Waals surface area contributed by atoms with Crippen LogP contribution in [0.5, 0.6) is 0 Å². The molecule has 0 bridgehead atoms. The van der Waals surface area contributed by atoms with Crippen LogP contribution in [0.15, 0.2) is 12.4 Å². The molecular weight excluding hydrogens is 276 g/mol. The van der Waals surface area contributed by atoms with Gasteiger partial charge in [0.1, 0.15) is 5.82 Å². The van der Waals surface area contributed by atoms with Crippen molar-refractivity contribution in [2.45, 2.75) is 32.9 Å². The second-order valence-corrected chi connectivity index (χ2v) is 7.70. The number of rotatable bonds is 4. The fourth-order valence-electron chi connectivity index (χ4n) is 2.11. The molecule has 0 amide bonds. The summed E-state index contributed by atoms with van der Waals surface area (Å²) in [4.78, 5) is 10.8. The van der Waals surface area contributed by atoms with Gasteiger partial charge in [0.15, 0.2) is 9.84 Å². The summed E-state index contributed by atoms with van der Waals surface area (Å²) < 4.78 is 23.2. The Kier molecular flexibility index (Phi) is 4.93. The highest BCUT2D eigenvalue weighted by Gasteiger charge is 2.20. The molecule has 1 aromatic rings. The largest absolute Gasteiger partial charge is 0.354 e. The lowest BCUT2D eigenvalue weighted by Crippen LogP contribution is -2.28. The highest BCUT2D eigenvalue weighted by molar-refractivity contribution is 7.91. The second kappa shape index (κ2) is 6.49. The molecule has 0 radical (unpaired) electrons. The van der Waals surface area contributed by atoms with Crippen molar-refractivity contribution >= 4 is 15.7 Å². The van der Waals surface area contributed by atoms with Crippen molar-refractivity contribution in [1.82, 2.24) is 15.3 Å². The number of nitrogens with one attached hydrogen (secondary N) is 1. The summed E-state index contributed by atoms with van der Waals surface area (Å²) in [6, 6.07) is 0.392. The van der Waals surface area contributed by atoms with E-state index in [0.29, 0.717) is 25.6 Å². The summed E-state index contributed by atoms with van der Waals surface area (Å²) in [6.45, 7) is 6.05. The molecule has 1 fully saturated rings. The average Bonchev–Trinajstić information content (AvgIpc) is 2.58. The zero-order chi connectivity index (χ0) is 14.6. The highest BCUT2D eigenvalue weighted by Crippen LogP contribution is 2.14. The van der Waals surface area contributed by atoms with E-state index >= 15 is 0 Å². The fraction of sp³-hybridized carbons (Fsp3) is 0.692. The van der Waals surface area contributed by atoms with Crippen LogP contribution < -0.4 is 10.2 Å². The predicted octanol–water partition coefficient (Wildman–Crippen LogP) is 0.599. The third-order valence-electron chi connectivity index (χ3n) is 3.24. The van der Waals surface area contributed by atoms with Crippen LogP contribution in [0.25, 0.3) is 0 Å². The molecule has 1 aromatic heterocycles. The first-order valence-electron chi connectivity index (χ1n) is 6.96. The van der Waals surface area contributed by atoms with Crippen LogP contribution in [0.1, 0.15) is 26.0 Å². The summed E-state index contributed by atoms with van der Waals surface area (Å²) >= 11 is 0. The monoisotopic (exact) mass is 298 g/mol. The number of hydrogen-bond donors (Lipinski definition) is 1. The Hall–Kier alpha value is -1.21. The molecule has 0 spiro atoms. The van der Waals surface area contributed by atoms with Gasteiger partial charge in [-0.05, 0) is 6.42 Å². The maximum absolute atomic E-state index is 11.6. The lowest BCUT2D eigenvalue weighted by atomic mass is 10.3. The number of hydrogen-bond acceptors (Lipinski definition) is 6.